The minimum absolute atomic E-state index is 0.00694. The van der Waals surface area contributed by atoms with Crippen molar-refractivity contribution in [3.05, 3.63) is 58.1 Å². The second-order valence-electron chi connectivity index (χ2n) is 5.71. The molecule has 0 saturated heterocycles. The lowest BCUT2D eigenvalue weighted by Crippen LogP contribution is -2.13. The molecule has 0 aliphatic carbocycles. The summed E-state index contributed by atoms with van der Waals surface area (Å²) in [6, 6.07) is 14.3. The predicted octanol–water partition coefficient (Wildman–Crippen LogP) is 4.79. The first kappa shape index (κ1) is 19.5. The molecule has 0 saturated carbocycles. The quantitative estimate of drug-likeness (QED) is 0.544. The molecule has 0 aliphatic heterocycles. The number of carbonyl (C=O) groups is 1. The Bertz CT molecular complexity index is 852. The van der Waals surface area contributed by atoms with E-state index in [9.17, 15) is 10.1 Å². The lowest BCUT2D eigenvalue weighted by atomic mass is 10.1. The standard InChI is InChI=1S/C20H19BrN2O3/c1-13(2)26-18-9-4-14(11-19(18)25-3)10-15(12-22)20(24)23-17-7-5-16(21)6-8-17/h4-11,13H,1-3H3,(H,23,24)/b15-10-. The van der Waals surface area contributed by atoms with Crippen LogP contribution in [0.4, 0.5) is 5.69 Å². The third kappa shape index (κ3) is 5.36. The number of nitrogens with zero attached hydrogens (tertiary/aromatic N) is 1. The van der Waals surface area contributed by atoms with Crippen molar-refractivity contribution in [2.24, 2.45) is 0 Å². The number of halogens is 1. The number of amides is 1. The number of benzene rings is 2. The molecule has 26 heavy (non-hydrogen) atoms. The zero-order chi connectivity index (χ0) is 19.1. The molecule has 134 valence electrons. The van der Waals surface area contributed by atoms with Gasteiger partial charge in [0.1, 0.15) is 11.6 Å². The molecule has 0 unspecified atom stereocenters. The lowest BCUT2D eigenvalue weighted by molar-refractivity contribution is -0.112. The molecule has 1 N–H and O–H groups in total. The smallest absolute Gasteiger partial charge is 0.266 e. The maximum Gasteiger partial charge on any atom is 0.266 e. The molecule has 0 fully saturated rings. The Morgan fingerprint density at radius 2 is 1.88 bits per heavy atom. The van der Waals surface area contributed by atoms with E-state index in [1.807, 2.05) is 32.0 Å². The minimum Gasteiger partial charge on any atom is -0.493 e. The number of nitriles is 1. The van der Waals surface area contributed by atoms with Crippen molar-refractivity contribution in [2.45, 2.75) is 20.0 Å². The van der Waals surface area contributed by atoms with Crippen molar-refractivity contribution in [1.29, 1.82) is 5.26 Å². The van der Waals surface area contributed by atoms with E-state index in [4.69, 9.17) is 9.47 Å². The van der Waals surface area contributed by atoms with E-state index in [1.165, 1.54) is 6.08 Å². The van der Waals surface area contributed by atoms with Crippen LogP contribution in [0.3, 0.4) is 0 Å². The zero-order valence-electron chi connectivity index (χ0n) is 14.7. The molecule has 2 rings (SSSR count). The van der Waals surface area contributed by atoms with Gasteiger partial charge in [-0.25, -0.2) is 0 Å². The Hall–Kier alpha value is -2.78. The highest BCUT2D eigenvalue weighted by molar-refractivity contribution is 9.10. The van der Waals surface area contributed by atoms with Crippen molar-refractivity contribution >= 4 is 33.6 Å². The minimum atomic E-state index is -0.476. The summed E-state index contributed by atoms with van der Waals surface area (Å²) in [7, 11) is 1.54. The average Bonchev–Trinajstić information content (AvgIpc) is 2.62. The van der Waals surface area contributed by atoms with Crippen LogP contribution >= 0.6 is 15.9 Å². The first-order chi connectivity index (χ1) is 12.4. The highest BCUT2D eigenvalue weighted by Gasteiger charge is 2.11. The van der Waals surface area contributed by atoms with Crippen LogP contribution in [0.1, 0.15) is 19.4 Å². The van der Waals surface area contributed by atoms with Gasteiger partial charge in [-0.2, -0.15) is 5.26 Å². The summed E-state index contributed by atoms with van der Waals surface area (Å²) in [6.07, 6.45) is 1.52. The molecule has 2 aromatic carbocycles. The van der Waals surface area contributed by atoms with Gasteiger partial charge < -0.3 is 14.8 Å². The Balaban J connectivity index is 2.23. The van der Waals surface area contributed by atoms with Crippen molar-refractivity contribution in [3.8, 4) is 17.6 Å². The van der Waals surface area contributed by atoms with Crippen LogP contribution in [0.15, 0.2) is 52.5 Å². The Morgan fingerprint density at radius 3 is 2.46 bits per heavy atom. The van der Waals surface area contributed by atoms with Gasteiger partial charge in [0.2, 0.25) is 0 Å². The van der Waals surface area contributed by atoms with Gasteiger partial charge in [0.15, 0.2) is 11.5 Å². The molecule has 6 heteroatoms. The van der Waals surface area contributed by atoms with Crippen molar-refractivity contribution in [3.63, 3.8) is 0 Å². The molecule has 2 aromatic rings. The summed E-state index contributed by atoms with van der Waals surface area (Å²) in [5, 5.41) is 12.0. The van der Waals surface area contributed by atoms with E-state index < -0.39 is 5.91 Å². The van der Waals surface area contributed by atoms with Crippen LogP contribution in [-0.4, -0.2) is 19.1 Å². The summed E-state index contributed by atoms with van der Waals surface area (Å²) >= 11 is 3.33. The molecule has 5 nitrogen and oxygen atoms in total. The van der Waals surface area contributed by atoms with Gasteiger partial charge in [0.05, 0.1) is 13.2 Å². The molecule has 0 aliphatic rings. The van der Waals surface area contributed by atoms with Crippen LogP contribution in [-0.2, 0) is 4.79 Å². The van der Waals surface area contributed by atoms with Gasteiger partial charge in [0, 0.05) is 10.2 Å². The first-order valence-corrected chi connectivity index (χ1v) is 8.75. The number of carbonyl (C=O) groups excluding carboxylic acids is 1. The molecule has 1 amide bonds. The summed E-state index contributed by atoms with van der Waals surface area (Å²) in [6.45, 7) is 3.85. The van der Waals surface area contributed by atoms with Crippen LogP contribution in [0.5, 0.6) is 11.5 Å². The van der Waals surface area contributed by atoms with Crippen molar-refractivity contribution < 1.29 is 14.3 Å². The van der Waals surface area contributed by atoms with E-state index in [0.29, 0.717) is 22.7 Å². The predicted molar refractivity (Wildman–Crippen MR) is 105 cm³/mol. The average molecular weight is 415 g/mol. The van der Waals surface area contributed by atoms with Gasteiger partial charge in [-0.1, -0.05) is 22.0 Å². The third-order valence-electron chi connectivity index (χ3n) is 3.33. The van der Waals surface area contributed by atoms with Crippen molar-refractivity contribution in [2.75, 3.05) is 12.4 Å². The number of hydrogen-bond acceptors (Lipinski definition) is 4. The highest BCUT2D eigenvalue weighted by Crippen LogP contribution is 2.29. The molecule has 0 radical (unpaired) electrons. The fourth-order valence-electron chi connectivity index (χ4n) is 2.17. The SMILES string of the molecule is COc1cc(/C=C(/C#N)C(=O)Nc2ccc(Br)cc2)ccc1OC(C)C. The fourth-order valence-corrected chi connectivity index (χ4v) is 2.44. The topological polar surface area (TPSA) is 71.3 Å². The monoisotopic (exact) mass is 414 g/mol. The largest absolute Gasteiger partial charge is 0.493 e. The lowest BCUT2D eigenvalue weighted by Gasteiger charge is -2.13. The summed E-state index contributed by atoms with van der Waals surface area (Å²) in [5.41, 5.74) is 1.27. The Kier molecular flexibility index (Phi) is 6.81. The van der Waals surface area contributed by atoms with Gasteiger partial charge in [0.25, 0.3) is 5.91 Å². The maximum absolute atomic E-state index is 12.3. The van der Waals surface area contributed by atoms with E-state index >= 15 is 0 Å². The number of ether oxygens (including phenoxy) is 2. The van der Waals surface area contributed by atoms with Crippen LogP contribution in [0, 0.1) is 11.3 Å². The van der Waals surface area contributed by atoms with E-state index in [0.717, 1.165) is 4.47 Å². The van der Waals surface area contributed by atoms with Gasteiger partial charge in [-0.05, 0) is 61.9 Å². The zero-order valence-corrected chi connectivity index (χ0v) is 16.3. The molecule has 0 heterocycles. The number of anilines is 1. The summed E-state index contributed by atoms with van der Waals surface area (Å²) in [4.78, 5) is 12.3. The number of methoxy groups -OCH3 is 1. The molecular formula is C20H19BrN2O3. The summed E-state index contributed by atoms with van der Waals surface area (Å²) in [5.74, 6) is 0.673. The van der Waals surface area contributed by atoms with Gasteiger partial charge in [-0.15, -0.1) is 0 Å². The van der Waals surface area contributed by atoms with E-state index in [1.54, 1.807) is 37.4 Å². The second kappa shape index (κ2) is 9.07. The molecular weight excluding hydrogens is 396 g/mol. The van der Waals surface area contributed by atoms with E-state index in [2.05, 4.69) is 21.2 Å². The number of nitrogens with one attached hydrogen (secondary N) is 1. The Labute approximate surface area is 161 Å². The molecule has 0 spiro atoms. The Morgan fingerprint density at radius 1 is 1.19 bits per heavy atom. The van der Waals surface area contributed by atoms with Crippen LogP contribution < -0.4 is 14.8 Å². The molecule has 0 atom stereocenters. The van der Waals surface area contributed by atoms with E-state index in [-0.39, 0.29) is 11.7 Å². The van der Waals surface area contributed by atoms with Gasteiger partial charge >= 0.3 is 0 Å². The summed E-state index contributed by atoms with van der Waals surface area (Å²) < 4.78 is 11.9. The normalized spacial score (nSPS) is 11.0. The van der Waals surface area contributed by atoms with Crippen molar-refractivity contribution in [1.82, 2.24) is 0 Å². The number of rotatable bonds is 6. The molecule has 0 bridgehead atoms. The second-order valence-corrected chi connectivity index (χ2v) is 6.62. The third-order valence-corrected chi connectivity index (χ3v) is 3.86. The fraction of sp³-hybridized carbons (Fsp3) is 0.200. The van der Waals surface area contributed by atoms with Crippen LogP contribution in [0.2, 0.25) is 0 Å². The van der Waals surface area contributed by atoms with Gasteiger partial charge in [-0.3, -0.25) is 4.79 Å². The highest BCUT2D eigenvalue weighted by atomic mass is 79.9. The number of hydrogen-bond donors (Lipinski definition) is 1. The van der Waals surface area contributed by atoms with Crippen LogP contribution in [0.25, 0.3) is 6.08 Å². The maximum atomic E-state index is 12.3. The first-order valence-electron chi connectivity index (χ1n) is 7.96. The molecule has 0 aromatic heterocycles.